The van der Waals surface area contributed by atoms with E-state index < -0.39 is 6.09 Å². The van der Waals surface area contributed by atoms with Crippen LogP contribution in [0.25, 0.3) is 0 Å². The van der Waals surface area contributed by atoms with Crippen molar-refractivity contribution in [3.8, 4) is 0 Å². The number of alkyl carbamates (subject to hydrolysis) is 1. The molecule has 2 amide bonds. The van der Waals surface area contributed by atoms with E-state index in [4.69, 9.17) is 9.47 Å². The minimum absolute atomic E-state index is 0.0637. The Morgan fingerprint density at radius 1 is 1.52 bits per heavy atom. The molecule has 1 aliphatic heterocycles. The van der Waals surface area contributed by atoms with Crippen molar-refractivity contribution in [1.29, 1.82) is 0 Å². The van der Waals surface area contributed by atoms with Crippen LogP contribution in [0.3, 0.4) is 0 Å². The first-order valence-electron chi connectivity index (χ1n) is 8.89. The molecule has 0 radical (unpaired) electrons. The molecule has 0 aliphatic carbocycles. The minimum atomic E-state index is -0.438. The Morgan fingerprint density at radius 2 is 2.33 bits per heavy atom. The molecule has 1 saturated heterocycles. The topological polar surface area (TPSA) is 123 Å². The Kier molecular flexibility index (Phi) is 5.75. The van der Waals surface area contributed by atoms with E-state index in [2.05, 4.69) is 25.9 Å². The van der Waals surface area contributed by atoms with Crippen LogP contribution in [0, 0.1) is 0 Å². The number of nitrogens with one attached hydrogen (secondary N) is 3. The molecule has 2 aromatic heterocycles. The SMILES string of the molecule is CC[C@H](C)NC(=O)O[C@@H]1CO[C@H](c2cc(NC(=O)c3ccnn3C)n[nH]2)C1. The Balaban J connectivity index is 1.52. The molecule has 0 saturated carbocycles. The average molecular weight is 376 g/mol. The largest absolute Gasteiger partial charge is 0.444 e. The van der Waals surface area contributed by atoms with Gasteiger partial charge in [-0.3, -0.25) is 14.6 Å². The maximum absolute atomic E-state index is 12.2. The van der Waals surface area contributed by atoms with Crippen LogP contribution in [-0.2, 0) is 16.5 Å². The van der Waals surface area contributed by atoms with Crippen molar-refractivity contribution >= 4 is 17.8 Å². The number of hydrogen-bond acceptors (Lipinski definition) is 6. The summed E-state index contributed by atoms with van der Waals surface area (Å²) in [5, 5.41) is 16.4. The monoisotopic (exact) mass is 376 g/mol. The number of hydrogen-bond donors (Lipinski definition) is 3. The second kappa shape index (κ2) is 8.21. The lowest BCUT2D eigenvalue weighted by atomic mass is 10.1. The molecule has 3 N–H and O–H groups in total. The molecule has 10 heteroatoms. The van der Waals surface area contributed by atoms with Crippen LogP contribution in [0.2, 0.25) is 0 Å². The molecule has 146 valence electrons. The van der Waals surface area contributed by atoms with Gasteiger partial charge in [0.05, 0.1) is 12.3 Å². The van der Waals surface area contributed by atoms with Gasteiger partial charge in [0, 0.05) is 31.8 Å². The fraction of sp³-hybridized carbons (Fsp3) is 0.529. The van der Waals surface area contributed by atoms with Gasteiger partial charge in [-0.15, -0.1) is 0 Å². The molecule has 0 unspecified atom stereocenters. The zero-order chi connectivity index (χ0) is 19.4. The fourth-order valence-electron chi connectivity index (χ4n) is 2.73. The Morgan fingerprint density at radius 3 is 3.04 bits per heavy atom. The molecule has 3 heterocycles. The number of nitrogens with zero attached hydrogens (tertiary/aromatic N) is 3. The summed E-state index contributed by atoms with van der Waals surface area (Å²) in [6, 6.07) is 3.39. The average Bonchev–Trinajstić information content (AvgIpc) is 3.35. The van der Waals surface area contributed by atoms with Gasteiger partial charge in [0.15, 0.2) is 5.82 Å². The highest BCUT2D eigenvalue weighted by Gasteiger charge is 2.31. The van der Waals surface area contributed by atoms with E-state index in [0.29, 0.717) is 30.2 Å². The summed E-state index contributed by atoms with van der Waals surface area (Å²) in [5.74, 6) is 0.0852. The van der Waals surface area contributed by atoms with Gasteiger partial charge in [0.1, 0.15) is 17.9 Å². The number of anilines is 1. The van der Waals surface area contributed by atoms with Gasteiger partial charge < -0.3 is 20.1 Å². The normalized spacial score (nSPS) is 20.3. The predicted octanol–water partition coefficient (Wildman–Crippen LogP) is 1.75. The van der Waals surface area contributed by atoms with Crippen molar-refractivity contribution in [3.05, 3.63) is 29.7 Å². The second-order valence-corrected chi connectivity index (χ2v) is 6.54. The first-order chi connectivity index (χ1) is 13.0. The first kappa shape index (κ1) is 18.9. The number of ether oxygens (including phenoxy) is 2. The second-order valence-electron chi connectivity index (χ2n) is 6.54. The van der Waals surface area contributed by atoms with E-state index in [1.165, 1.54) is 4.68 Å². The summed E-state index contributed by atoms with van der Waals surface area (Å²) in [6.07, 6.45) is 1.86. The third-order valence-corrected chi connectivity index (χ3v) is 4.45. The van der Waals surface area contributed by atoms with E-state index in [1.807, 2.05) is 13.8 Å². The summed E-state index contributed by atoms with van der Waals surface area (Å²) >= 11 is 0. The van der Waals surface area contributed by atoms with Crippen molar-refractivity contribution < 1.29 is 19.1 Å². The summed E-state index contributed by atoms with van der Waals surface area (Å²) in [4.78, 5) is 24.0. The van der Waals surface area contributed by atoms with Gasteiger partial charge in [-0.1, -0.05) is 6.92 Å². The third-order valence-electron chi connectivity index (χ3n) is 4.45. The molecule has 3 rings (SSSR count). The minimum Gasteiger partial charge on any atom is -0.444 e. The molecule has 2 aromatic rings. The van der Waals surface area contributed by atoms with Crippen molar-refractivity contribution in [2.45, 2.75) is 44.9 Å². The van der Waals surface area contributed by atoms with Crippen LogP contribution >= 0.6 is 0 Å². The van der Waals surface area contributed by atoms with Gasteiger partial charge in [-0.05, 0) is 19.4 Å². The Bertz CT molecular complexity index is 801. The lowest BCUT2D eigenvalue weighted by Gasteiger charge is -2.14. The zero-order valence-electron chi connectivity index (χ0n) is 15.6. The molecule has 0 aromatic carbocycles. The van der Waals surface area contributed by atoms with Crippen molar-refractivity contribution in [2.24, 2.45) is 7.05 Å². The van der Waals surface area contributed by atoms with E-state index in [-0.39, 0.29) is 24.2 Å². The van der Waals surface area contributed by atoms with E-state index in [9.17, 15) is 9.59 Å². The fourth-order valence-corrected chi connectivity index (χ4v) is 2.73. The van der Waals surface area contributed by atoms with Crippen molar-refractivity contribution in [2.75, 3.05) is 11.9 Å². The van der Waals surface area contributed by atoms with Gasteiger partial charge in [0.2, 0.25) is 0 Å². The number of aromatic nitrogens is 4. The summed E-state index contributed by atoms with van der Waals surface area (Å²) in [6.45, 7) is 4.22. The highest BCUT2D eigenvalue weighted by atomic mass is 16.6. The van der Waals surface area contributed by atoms with Crippen LogP contribution < -0.4 is 10.6 Å². The first-order valence-corrected chi connectivity index (χ1v) is 8.89. The Labute approximate surface area is 156 Å². The van der Waals surface area contributed by atoms with E-state index in [0.717, 1.165) is 6.42 Å². The molecule has 0 bridgehead atoms. The summed E-state index contributed by atoms with van der Waals surface area (Å²) in [7, 11) is 1.69. The number of H-pyrrole nitrogens is 1. The van der Waals surface area contributed by atoms with Gasteiger partial charge in [0.25, 0.3) is 5.91 Å². The lowest BCUT2D eigenvalue weighted by Crippen LogP contribution is -2.35. The van der Waals surface area contributed by atoms with Gasteiger partial charge >= 0.3 is 6.09 Å². The van der Waals surface area contributed by atoms with Gasteiger partial charge in [-0.25, -0.2) is 4.79 Å². The summed E-state index contributed by atoms with van der Waals surface area (Å²) in [5.41, 5.74) is 1.14. The van der Waals surface area contributed by atoms with E-state index >= 15 is 0 Å². The number of rotatable bonds is 6. The van der Waals surface area contributed by atoms with Crippen LogP contribution in [0.5, 0.6) is 0 Å². The van der Waals surface area contributed by atoms with Crippen LogP contribution in [0.15, 0.2) is 18.3 Å². The molecular formula is C17H24N6O4. The highest BCUT2D eigenvalue weighted by molar-refractivity contribution is 6.02. The zero-order valence-corrected chi connectivity index (χ0v) is 15.6. The number of aromatic amines is 1. The maximum Gasteiger partial charge on any atom is 0.407 e. The molecular weight excluding hydrogens is 352 g/mol. The predicted molar refractivity (Wildman–Crippen MR) is 96.2 cm³/mol. The molecule has 3 atom stereocenters. The molecule has 10 nitrogen and oxygen atoms in total. The van der Waals surface area contributed by atoms with Crippen molar-refractivity contribution in [3.63, 3.8) is 0 Å². The smallest absolute Gasteiger partial charge is 0.407 e. The molecule has 0 spiro atoms. The molecule has 27 heavy (non-hydrogen) atoms. The Hall–Kier alpha value is -2.88. The standard InChI is InChI=1S/C17H24N6O4/c1-4-10(2)19-17(25)27-11-7-14(26-9-11)12-8-15(22-21-12)20-16(24)13-5-6-18-23(13)3/h5-6,8,10-11,14H,4,7,9H2,1-3H3,(H,19,25)(H2,20,21,22,24)/t10-,11-,14-/m0/s1. The van der Waals surface area contributed by atoms with E-state index in [1.54, 1.807) is 25.4 Å². The number of carbonyl (C=O) groups excluding carboxylic acids is 2. The number of amides is 2. The molecule has 1 fully saturated rings. The number of aryl methyl sites for hydroxylation is 1. The maximum atomic E-state index is 12.2. The molecule has 1 aliphatic rings. The lowest BCUT2D eigenvalue weighted by molar-refractivity contribution is 0.0679. The highest BCUT2D eigenvalue weighted by Crippen LogP contribution is 2.30. The van der Waals surface area contributed by atoms with Crippen LogP contribution in [0.4, 0.5) is 10.6 Å². The number of carbonyl (C=O) groups is 2. The van der Waals surface area contributed by atoms with Crippen LogP contribution in [-0.4, -0.2) is 50.7 Å². The summed E-state index contributed by atoms with van der Waals surface area (Å²) < 4.78 is 12.6. The third kappa shape index (κ3) is 4.64. The van der Waals surface area contributed by atoms with Gasteiger partial charge in [-0.2, -0.15) is 10.2 Å². The van der Waals surface area contributed by atoms with Crippen LogP contribution in [0.1, 0.15) is 49.0 Å². The van der Waals surface area contributed by atoms with Crippen molar-refractivity contribution in [1.82, 2.24) is 25.3 Å². The quantitative estimate of drug-likeness (QED) is 0.706.